The van der Waals surface area contributed by atoms with E-state index < -0.39 is 18.3 Å². The quantitative estimate of drug-likeness (QED) is 0.904. The smallest absolute Gasteiger partial charge is 0.382 e. The third-order valence-corrected chi connectivity index (χ3v) is 4.14. The van der Waals surface area contributed by atoms with E-state index in [0.717, 1.165) is 12.8 Å². The number of anilines is 1. The molecule has 0 amide bonds. The third kappa shape index (κ3) is 3.97. The molecule has 0 radical (unpaired) electrons. The number of halogens is 4. The summed E-state index contributed by atoms with van der Waals surface area (Å²) in [4.78, 5) is 11.8. The Morgan fingerprint density at radius 2 is 2.05 bits per heavy atom. The van der Waals surface area contributed by atoms with Crippen LogP contribution in [0, 0.1) is 5.92 Å². The van der Waals surface area contributed by atoms with Crippen molar-refractivity contribution in [2.45, 2.75) is 38.4 Å². The number of rotatable bonds is 4. The molecular weight excluding hydrogens is 339 g/mol. The van der Waals surface area contributed by atoms with Gasteiger partial charge in [0.25, 0.3) is 5.56 Å². The fourth-order valence-electron chi connectivity index (χ4n) is 2.34. The van der Waals surface area contributed by atoms with Gasteiger partial charge in [0.2, 0.25) is 0 Å². The highest BCUT2D eigenvalue weighted by Crippen LogP contribution is 2.26. The van der Waals surface area contributed by atoms with Crippen molar-refractivity contribution in [3.05, 3.63) is 21.0 Å². The van der Waals surface area contributed by atoms with E-state index in [2.05, 4.69) is 26.3 Å². The monoisotopic (exact) mass is 353 g/mol. The van der Waals surface area contributed by atoms with Crippen LogP contribution in [-0.4, -0.2) is 22.5 Å². The number of hydrogen-bond acceptors (Lipinski definition) is 3. The van der Waals surface area contributed by atoms with Gasteiger partial charge >= 0.3 is 6.18 Å². The van der Waals surface area contributed by atoms with Crippen molar-refractivity contribution in [3.63, 3.8) is 0 Å². The Balaban J connectivity index is 2.07. The summed E-state index contributed by atoms with van der Waals surface area (Å²) < 4.78 is 37.3. The highest BCUT2D eigenvalue weighted by Gasteiger charge is 2.29. The molecule has 8 heteroatoms. The fraction of sp³-hybridized carbons (Fsp3) is 0.667. The Bertz CT molecular complexity index is 524. The topological polar surface area (TPSA) is 46.9 Å². The molecule has 0 aliphatic heterocycles. The molecule has 2 rings (SSSR count). The molecule has 4 nitrogen and oxygen atoms in total. The fourth-order valence-corrected chi connectivity index (χ4v) is 2.79. The van der Waals surface area contributed by atoms with Crippen molar-refractivity contribution in [1.82, 2.24) is 9.78 Å². The van der Waals surface area contributed by atoms with Crippen LogP contribution in [0.3, 0.4) is 0 Å². The lowest BCUT2D eigenvalue weighted by Crippen LogP contribution is -2.31. The molecule has 1 aromatic heterocycles. The Labute approximate surface area is 122 Å². The van der Waals surface area contributed by atoms with E-state index in [1.54, 1.807) is 0 Å². The van der Waals surface area contributed by atoms with Crippen LogP contribution < -0.4 is 10.9 Å². The number of aromatic nitrogens is 2. The molecule has 112 valence electrons. The third-order valence-electron chi connectivity index (χ3n) is 3.37. The summed E-state index contributed by atoms with van der Waals surface area (Å²) in [5.41, 5.74) is -0.334. The van der Waals surface area contributed by atoms with Crippen molar-refractivity contribution in [1.29, 1.82) is 0 Å². The maximum Gasteiger partial charge on any atom is 0.408 e. The van der Waals surface area contributed by atoms with Crippen LogP contribution in [0.2, 0.25) is 0 Å². The molecule has 0 unspecified atom stereocenters. The van der Waals surface area contributed by atoms with Gasteiger partial charge in [-0.05, 0) is 34.7 Å². The van der Waals surface area contributed by atoms with Crippen LogP contribution in [0.1, 0.15) is 25.7 Å². The summed E-state index contributed by atoms with van der Waals surface area (Å²) >= 11 is 3.04. The Kier molecular flexibility index (Phi) is 4.72. The molecule has 1 aromatic rings. The average molecular weight is 354 g/mol. The van der Waals surface area contributed by atoms with Gasteiger partial charge in [0.05, 0.1) is 11.9 Å². The molecule has 1 N–H and O–H groups in total. The molecule has 0 aromatic carbocycles. The van der Waals surface area contributed by atoms with E-state index in [0.29, 0.717) is 22.8 Å². The van der Waals surface area contributed by atoms with Gasteiger partial charge in [0.1, 0.15) is 11.0 Å². The van der Waals surface area contributed by atoms with Crippen LogP contribution in [0.4, 0.5) is 18.9 Å². The molecule has 1 heterocycles. The molecule has 20 heavy (non-hydrogen) atoms. The van der Waals surface area contributed by atoms with E-state index in [1.165, 1.54) is 19.0 Å². The maximum atomic E-state index is 12.3. The van der Waals surface area contributed by atoms with E-state index in [-0.39, 0.29) is 4.47 Å². The lowest BCUT2D eigenvalue weighted by atomic mass is 10.1. The molecule has 1 aliphatic carbocycles. The molecule has 1 aliphatic rings. The highest BCUT2D eigenvalue weighted by molar-refractivity contribution is 9.10. The van der Waals surface area contributed by atoms with Gasteiger partial charge in [-0.2, -0.15) is 18.3 Å². The highest BCUT2D eigenvalue weighted by atomic mass is 79.9. The number of hydrogen-bond donors (Lipinski definition) is 1. The zero-order chi connectivity index (χ0) is 14.8. The van der Waals surface area contributed by atoms with Crippen LogP contribution in [0.15, 0.2) is 15.5 Å². The second-order valence-electron chi connectivity index (χ2n) is 4.98. The lowest BCUT2D eigenvalue weighted by molar-refractivity contribution is -0.143. The van der Waals surface area contributed by atoms with E-state index in [9.17, 15) is 18.0 Å². The van der Waals surface area contributed by atoms with Gasteiger partial charge in [0.15, 0.2) is 0 Å². The van der Waals surface area contributed by atoms with Crippen molar-refractivity contribution >= 4 is 21.6 Å². The predicted octanol–water partition coefficient (Wildman–Crippen LogP) is 3.17. The minimum Gasteiger partial charge on any atom is -0.382 e. The van der Waals surface area contributed by atoms with Crippen molar-refractivity contribution in [2.24, 2.45) is 5.92 Å². The largest absolute Gasteiger partial charge is 0.408 e. The first-order valence-corrected chi connectivity index (χ1v) is 7.22. The van der Waals surface area contributed by atoms with Crippen LogP contribution in [0.5, 0.6) is 0 Å². The maximum absolute atomic E-state index is 12.3. The summed E-state index contributed by atoms with van der Waals surface area (Å²) in [7, 11) is 0. The van der Waals surface area contributed by atoms with Gasteiger partial charge in [0, 0.05) is 6.54 Å². The van der Waals surface area contributed by atoms with Gasteiger partial charge in [-0.1, -0.05) is 12.8 Å². The summed E-state index contributed by atoms with van der Waals surface area (Å²) in [6.07, 6.45) is 1.49. The summed E-state index contributed by atoms with van der Waals surface area (Å²) in [6.45, 7) is -0.670. The van der Waals surface area contributed by atoms with Gasteiger partial charge < -0.3 is 5.32 Å². The van der Waals surface area contributed by atoms with Crippen molar-refractivity contribution in [2.75, 3.05) is 11.9 Å². The molecule has 0 spiro atoms. The van der Waals surface area contributed by atoms with Crippen molar-refractivity contribution in [3.8, 4) is 0 Å². The normalized spacial score (nSPS) is 16.6. The van der Waals surface area contributed by atoms with E-state index in [1.807, 2.05) is 0 Å². The zero-order valence-electron chi connectivity index (χ0n) is 10.7. The second kappa shape index (κ2) is 6.15. The number of alkyl halides is 3. The summed E-state index contributed by atoms with van der Waals surface area (Å²) in [6, 6.07) is 0. The predicted molar refractivity (Wildman–Crippen MR) is 72.7 cm³/mol. The van der Waals surface area contributed by atoms with E-state index >= 15 is 0 Å². The Morgan fingerprint density at radius 1 is 1.40 bits per heavy atom. The molecule has 1 fully saturated rings. The summed E-state index contributed by atoms with van der Waals surface area (Å²) in [5, 5.41) is 6.64. The molecule has 0 bridgehead atoms. The average Bonchev–Trinajstić information content (AvgIpc) is 2.86. The first kappa shape index (κ1) is 15.3. The van der Waals surface area contributed by atoms with Gasteiger partial charge in [-0.25, -0.2) is 4.68 Å². The number of nitrogens with zero attached hydrogens (tertiary/aromatic N) is 2. The minimum absolute atomic E-state index is 0.0924. The Morgan fingerprint density at radius 3 is 2.65 bits per heavy atom. The first-order chi connectivity index (χ1) is 9.37. The van der Waals surface area contributed by atoms with Gasteiger partial charge in [-0.3, -0.25) is 4.79 Å². The second-order valence-corrected chi connectivity index (χ2v) is 5.77. The molecular formula is C12H15BrF3N3O. The van der Waals surface area contributed by atoms with Crippen molar-refractivity contribution < 1.29 is 13.2 Å². The summed E-state index contributed by atoms with van der Waals surface area (Å²) in [5.74, 6) is 0.555. The molecule has 0 saturated heterocycles. The van der Waals surface area contributed by atoms with Crippen LogP contribution >= 0.6 is 15.9 Å². The Hall–Kier alpha value is -1.05. The SMILES string of the molecule is O=c1c(Br)c(NCC2CCCC2)cnn1CC(F)(F)F. The van der Waals surface area contributed by atoms with Crippen LogP contribution in [-0.2, 0) is 6.54 Å². The van der Waals surface area contributed by atoms with E-state index in [4.69, 9.17) is 0 Å². The van der Waals surface area contributed by atoms with Gasteiger partial charge in [-0.15, -0.1) is 0 Å². The minimum atomic E-state index is -4.46. The zero-order valence-corrected chi connectivity index (χ0v) is 12.3. The first-order valence-electron chi connectivity index (χ1n) is 6.43. The van der Waals surface area contributed by atoms with Crippen LogP contribution in [0.25, 0.3) is 0 Å². The molecule has 1 saturated carbocycles. The standard InChI is InChI=1S/C12H15BrF3N3O/c13-10-9(17-5-8-3-1-2-4-8)6-18-19(11(10)20)7-12(14,15)16/h6,8,17H,1-5,7H2. The lowest BCUT2D eigenvalue weighted by Gasteiger charge is -2.14. The molecule has 0 atom stereocenters. The number of nitrogens with one attached hydrogen (secondary N) is 1.